The Balaban J connectivity index is 1.75. The summed E-state index contributed by atoms with van der Waals surface area (Å²) >= 11 is 6.07. The van der Waals surface area contributed by atoms with Crippen molar-refractivity contribution in [2.24, 2.45) is 0 Å². The molecule has 0 unspecified atom stereocenters. The van der Waals surface area contributed by atoms with Gasteiger partial charge in [-0.25, -0.2) is 9.97 Å². The topological polar surface area (TPSA) is 66.9 Å². The molecule has 1 amide bonds. The molecular formula is C18H15ClN4O. The van der Waals surface area contributed by atoms with Gasteiger partial charge >= 0.3 is 0 Å². The van der Waals surface area contributed by atoms with Crippen molar-refractivity contribution < 1.29 is 4.79 Å². The highest BCUT2D eigenvalue weighted by Gasteiger charge is 2.10. The van der Waals surface area contributed by atoms with Crippen LogP contribution >= 0.6 is 11.6 Å². The Labute approximate surface area is 144 Å². The lowest BCUT2D eigenvalue weighted by atomic mass is 10.2. The number of hydrogen-bond acceptors (Lipinski definition) is 4. The number of benzene rings is 2. The first-order valence-corrected chi connectivity index (χ1v) is 7.72. The molecule has 0 bridgehead atoms. The van der Waals surface area contributed by atoms with Crippen LogP contribution in [-0.2, 0) is 0 Å². The second-order valence-corrected chi connectivity index (χ2v) is 5.58. The zero-order valence-electron chi connectivity index (χ0n) is 13.0. The molecule has 3 aromatic rings. The summed E-state index contributed by atoms with van der Waals surface area (Å²) in [7, 11) is 0. The number of para-hydroxylation sites is 1. The lowest BCUT2D eigenvalue weighted by molar-refractivity contribution is 0.102. The standard InChI is InChI=1S/C18H15ClN4O/c1-12-7-8-14(11-15(12)19)21-17(24)16-9-10-20-18(23-16)22-13-5-3-2-4-6-13/h2-11H,1H3,(H,21,24)(H,20,22,23). The van der Waals surface area contributed by atoms with Gasteiger partial charge in [0.05, 0.1) is 0 Å². The predicted octanol–water partition coefficient (Wildman–Crippen LogP) is 4.43. The van der Waals surface area contributed by atoms with Crippen molar-refractivity contribution in [2.75, 3.05) is 10.6 Å². The number of aryl methyl sites for hydroxylation is 1. The molecule has 1 aromatic heterocycles. The average Bonchev–Trinajstić information content (AvgIpc) is 2.59. The molecule has 0 radical (unpaired) electrons. The molecule has 0 aliphatic rings. The summed E-state index contributed by atoms with van der Waals surface area (Å²) in [6, 6.07) is 16.4. The Bertz CT molecular complexity index is 868. The average molecular weight is 339 g/mol. The van der Waals surface area contributed by atoms with E-state index in [4.69, 9.17) is 11.6 Å². The van der Waals surface area contributed by atoms with E-state index in [1.165, 1.54) is 6.20 Å². The number of aromatic nitrogens is 2. The monoisotopic (exact) mass is 338 g/mol. The SMILES string of the molecule is Cc1ccc(NC(=O)c2ccnc(Nc3ccccc3)n2)cc1Cl. The maximum Gasteiger partial charge on any atom is 0.274 e. The number of hydrogen-bond donors (Lipinski definition) is 2. The molecule has 120 valence electrons. The summed E-state index contributed by atoms with van der Waals surface area (Å²) in [5.74, 6) is 0.0317. The van der Waals surface area contributed by atoms with Crippen molar-refractivity contribution in [1.82, 2.24) is 9.97 Å². The molecule has 1 heterocycles. The van der Waals surface area contributed by atoms with Gasteiger partial charge in [-0.15, -0.1) is 0 Å². The van der Waals surface area contributed by atoms with Crippen molar-refractivity contribution >= 4 is 34.8 Å². The third-order valence-corrected chi connectivity index (χ3v) is 3.76. The second-order valence-electron chi connectivity index (χ2n) is 5.17. The molecule has 0 fully saturated rings. The van der Waals surface area contributed by atoms with E-state index in [1.54, 1.807) is 18.2 Å². The number of amides is 1. The zero-order chi connectivity index (χ0) is 16.9. The number of nitrogens with zero attached hydrogens (tertiary/aromatic N) is 2. The van der Waals surface area contributed by atoms with E-state index in [-0.39, 0.29) is 11.6 Å². The van der Waals surface area contributed by atoms with E-state index in [1.807, 2.05) is 43.3 Å². The van der Waals surface area contributed by atoms with Gasteiger partial charge in [-0.05, 0) is 42.8 Å². The van der Waals surface area contributed by atoms with Gasteiger partial charge in [0.15, 0.2) is 0 Å². The van der Waals surface area contributed by atoms with Crippen molar-refractivity contribution in [2.45, 2.75) is 6.92 Å². The third-order valence-electron chi connectivity index (χ3n) is 3.35. The summed E-state index contributed by atoms with van der Waals surface area (Å²) in [6.45, 7) is 1.90. The molecule has 0 atom stereocenters. The Morgan fingerprint density at radius 2 is 1.83 bits per heavy atom. The summed E-state index contributed by atoms with van der Waals surface area (Å²) in [5, 5.41) is 6.43. The molecule has 0 saturated carbocycles. The minimum Gasteiger partial charge on any atom is -0.324 e. The summed E-state index contributed by atoms with van der Waals surface area (Å²) in [6.07, 6.45) is 1.54. The van der Waals surface area contributed by atoms with Crippen LogP contribution in [0.5, 0.6) is 0 Å². The van der Waals surface area contributed by atoms with Gasteiger partial charge in [0, 0.05) is 22.6 Å². The van der Waals surface area contributed by atoms with Crippen LogP contribution in [0.3, 0.4) is 0 Å². The smallest absolute Gasteiger partial charge is 0.274 e. The van der Waals surface area contributed by atoms with Gasteiger partial charge in [0.25, 0.3) is 5.91 Å². The van der Waals surface area contributed by atoms with E-state index >= 15 is 0 Å². The fraction of sp³-hybridized carbons (Fsp3) is 0.0556. The minimum atomic E-state index is -0.326. The molecule has 0 aliphatic carbocycles. The summed E-state index contributed by atoms with van der Waals surface area (Å²) in [5.41, 5.74) is 2.68. The number of anilines is 3. The van der Waals surface area contributed by atoms with Crippen LogP contribution in [0.15, 0.2) is 60.8 Å². The Kier molecular flexibility index (Phi) is 4.72. The minimum absolute atomic E-state index is 0.264. The van der Waals surface area contributed by atoms with Crippen molar-refractivity contribution in [3.05, 3.63) is 77.1 Å². The van der Waals surface area contributed by atoms with Crippen molar-refractivity contribution in [3.63, 3.8) is 0 Å². The summed E-state index contributed by atoms with van der Waals surface area (Å²) in [4.78, 5) is 20.7. The van der Waals surface area contributed by atoms with Crippen LogP contribution in [0, 0.1) is 6.92 Å². The van der Waals surface area contributed by atoms with Crippen LogP contribution < -0.4 is 10.6 Å². The zero-order valence-corrected chi connectivity index (χ0v) is 13.7. The largest absolute Gasteiger partial charge is 0.324 e. The quantitative estimate of drug-likeness (QED) is 0.738. The summed E-state index contributed by atoms with van der Waals surface area (Å²) < 4.78 is 0. The number of halogens is 1. The first-order valence-electron chi connectivity index (χ1n) is 7.34. The Morgan fingerprint density at radius 1 is 1.04 bits per heavy atom. The molecule has 0 aliphatic heterocycles. The Hall–Kier alpha value is -2.92. The maximum atomic E-state index is 12.3. The van der Waals surface area contributed by atoms with Gasteiger partial charge in [-0.1, -0.05) is 35.9 Å². The van der Waals surface area contributed by atoms with E-state index in [0.29, 0.717) is 16.7 Å². The predicted molar refractivity (Wildman–Crippen MR) is 95.9 cm³/mol. The molecule has 5 nitrogen and oxygen atoms in total. The lowest BCUT2D eigenvalue weighted by Crippen LogP contribution is -2.14. The lowest BCUT2D eigenvalue weighted by Gasteiger charge is -2.08. The van der Waals surface area contributed by atoms with Crippen LogP contribution in [0.1, 0.15) is 16.1 Å². The van der Waals surface area contributed by atoms with Gasteiger partial charge < -0.3 is 10.6 Å². The first kappa shape index (κ1) is 16.0. The number of carbonyl (C=O) groups excluding carboxylic acids is 1. The number of nitrogens with one attached hydrogen (secondary N) is 2. The van der Waals surface area contributed by atoms with Gasteiger partial charge in [0.1, 0.15) is 5.69 Å². The molecule has 24 heavy (non-hydrogen) atoms. The highest BCUT2D eigenvalue weighted by atomic mass is 35.5. The molecular weight excluding hydrogens is 324 g/mol. The van der Waals surface area contributed by atoms with E-state index in [2.05, 4.69) is 20.6 Å². The van der Waals surface area contributed by atoms with Gasteiger partial charge in [0.2, 0.25) is 5.95 Å². The van der Waals surface area contributed by atoms with E-state index in [9.17, 15) is 4.79 Å². The van der Waals surface area contributed by atoms with Crippen molar-refractivity contribution in [1.29, 1.82) is 0 Å². The highest BCUT2D eigenvalue weighted by Crippen LogP contribution is 2.20. The highest BCUT2D eigenvalue weighted by molar-refractivity contribution is 6.31. The molecule has 6 heteroatoms. The number of carbonyl (C=O) groups is 1. The fourth-order valence-electron chi connectivity index (χ4n) is 2.06. The van der Waals surface area contributed by atoms with Crippen LogP contribution in [0.2, 0.25) is 5.02 Å². The molecule has 2 aromatic carbocycles. The van der Waals surface area contributed by atoms with Gasteiger partial charge in [-0.2, -0.15) is 0 Å². The Morgan fingerprint density at radius 3 is 2.58 bits per heavy atom. The normalized spacial score (nSPS) is 10.2. The van der Waals surface area contributed by atoms with Crippen molar-refractivity contribution in [3.8, 4) is 0 Å². The molecule has 2 N–H and O–H groups in total. The molecule has 0 spiro atoms. The van der Waals surface area contributed by atoms with Gasteiger partial charge in [-0.3, -0.25) is 4.79 Å². The van der Waals surface area contributed by atoms with Crippen LogP contribution in [-0.4, -0.2) is 15.9 Å². The van der Waals surface area contributed by atoms with E-state index < -0.39 is 0 Å². The molecule has 0 saturated heterocycles. The number of rotatable bonds is 4. The van der Waals surface area contributed by atoms with Crippen LogP contribution in [0.25, 0.3) is 0 Å². The maximum absolute atomic E-state index is 12.3. The van der Waals surface area contributed by atoms with E-state index in [0.717, 1.165) is 11.3 Å². The first-order chi connectivity index (χ1) is 11.6. The third kappa shape index (κ3) is 3.88. The van der Waals surface area contributed by atoms with Crippen LogP contribution in [0.4, 0.5) is 17.3 Å². The molecule has 3 rings (SSSR count). The second kappa shape index (κ2) is 7.10. The fourth-order valence-corrected chi connectivity index (χ4v) is 2.24.